The van der Waals surface area contributed by atoms with Crippen LogP contribution in [0, 0.1) is 0 Å². The summed E-state index contributed by atoms with van der Waals surface area (Å²) in [5.41, 5.74) is 1.29. The Morgan fingerprint density at radius 2 is 1.74 bits per heavy atom. The molecule has 0 spiro atoms. The Morgan fingerprint density at radius 3 is 2.43 bits per heavy atom. The van der Waals surface area contributed by atoms with Gasteiger partial charge in [0.1, 0.15) is 5.69 Å². The van der Waals surface area contributed by atoms with Crippen molar-refractivity contribution in [2.75, 3.05) is 13.1 Å². The minimum absolute atomic E-state index is 0.0826. The van der Waals surface area contributed by atoms with E-state index < -0.39 is 0 Å². The zero-order valence-electron chi connectivity index (χ0n) is 12.6. The van der Waals surface area contributed by atoms with E-state index in [0.717, 1.165) is 31.5 Å². The third kappa shape index (κ3) is 3.54. The maximum Gasteiger partial charge on any atom is 0.270 e. The van der Waals surface area contributed by atoms with Crippen molar-refractivity contribution < 1.29 is 9.59 Å². The first kappa shape index (κ1) is 15.6. The molecule has 1 aromatic heterocycles. The topological polar surface area (TPSA) is 42.3 Å². The monoisotopic (exact) mass is 328 g/mol. The predicted octanol–water partition coefficient (Wildman–Crippen LogP) is 3.73. The van der Waals surface area contributed by atoms with Crippen molar-refractivity contribution in [1.82, 2.24) is 9.47 Å². The van der Waals surface area contributed by atoms with Crippen molar-refractivity contribution in [2.45, 2.75) is 12.8 Å². The van der Waals surface area contributed by atoms with E-state index in [1.165, 1.54) is 10.6 Å². The molecule has 0 atom stereocenters. The highest BCUT2D eigenvalue weighted by Gasteiger charge is 2.23. The zero-order chi connectivity index (χ0) is 16.2. The van der Waals surface area contributed by atoms with E-state index >= 15 is 0 Å². The van der Waals surface area contributed by atoms with Gasteiger partial charge in [0.2, 0.25) is 0 Å². The van der Waals surface area contributed by atoms with Gasteiger partial charge in [-0.1, -0.05) is 23.7 Å². The van der Waals surface area contributed by atoms with E-state index in [1.54, 1.807) is 41.4 Å². The van der Waals surface area contributed by atoms with Gasteiger partial charge < -0.3 is 4.90 Å². The van der Waals surface area contributed by atoms with E-state index in [4.69, 9.17) is 11.6 Å². The fourth-order valence-electron chi connectivity index (χ4n) is 2.65. The molecule has 0 radical (unpaired) electrons. The van der Waals surface area contributed by atoms with Gasteiger partial charge in [0.15, 0.2) is 0 Å². The number of hydrogen-bond donors (Lipinski definition) is 0. The van der Waals surface area contributed by atoms with Crippen LogP contribution < -0.4 is 0 Å². The Balaban J connectivity index is 1.76. The highest BCUT2D eigenvalue weighted by Crippen LogP contribution is 2.14. The molecule has 118 valence electrons. The van der Waals surface area contributed by atoms with Gasteiger partial charge in [-0.2, -0.15) is 0 Å². The van der Waals surface area contributed by atoms with Crippen LogP contribution in [-0.2, 0) is 0 Å². The minimum Gasteiger partial charge on any atom is -0.337 e. The lowest BCUT2D eigenvalue weighted by atomic mass is 10.2. The molecular weight excluding hydrogens is 312 g/mol. The molecule has 3 rings (SSSR count). The molecule has 1 fully saturated rings. The molecular formula is C18H17ClN2O2. The molecule has 1 saturated heterocycles. The summed E-state index contributed by atoms with van der Waals surface area (Å²) in [6.07, 6.45) is 6.85. The first-order chi connectivity index (χ1) is 11.1. The van der Waals surface area contributed by atoms with Gasteiger partial charge in [0.05, 0.1) is 0 Å². The van der Waals surface area contributed by atoms with Gasteiger partial charge in [-0.15, -0.1) is 0 Å². The normalized spacial score (nSPS) is 14.6. The van der Waals surface area contributed by atoms with E-state index in [-0.39, 0.29) is 11.8 Å². The number of carbonyl (C=O) groups is 2. The van der Waals surface area contributed by atoms with Crippen molar-refractivity contribution in [3.05, 3.63) is 65.0 Å². The predicted molar refractivity (Wildman–Crippen MR) is 90.7 cm³/mol. The maximum absolute atomic E-state index is 12.5. The SMILES string of the molecule is O=C(c1cccn1C(=O)/C=C/c1ccc(Cl)cc1)N1CCCC1. The second-order valence-electron chi connectivity index (χ2n) is 5.49. The van der Waals surface area contributed by atoms with Crippen LogP contribution in [0.15, 0.2) is 48.7 Å². The summed E-state index contributed by atoms with van der Waals surface area (Å²) in [4.78, 5) is 26.6. The second-order valence-corrected chi connectivity index (χ2v) is 5.92. The Kier molecular flexibility index (Phi) is 4.63. The first-order valence-corrected chi connectivity index (χ1v) is 7.97. The molecule has 1 aromatic carbocycles. The van der Waals surface area contributed by atoms with Crippen LogP contribution in [-0.4, -0.2) is 34.4 Å². The standard InChI is InChI=1S/C18H17ClN2O2/c19-15-8-5-14(6-9-15)7-10-17(22)21-13-3-4-16(21)18(23)20-11-1-2-12-20/h3-10,13H,1-2,11-12H2/b10-7+. The maximum atomic E-state index is 12.5. The summed E-state index contributed by atoms with van der Waals surface area (Å²) in [6, 6.07) is 10.6. The van der Waals surface area contributed by atoms with E-state index in [9.17, 15) is 9.59 Å². The average Bonchev–Trinajstić information content (AvgIpc) is 3.24. The highest BCUT2D eigenvalue weighted by molar-refractivity contribution is 6.30. The third-order valence-electron chi connectivity index (χ3n) is 3.89. The lowest BCUT2D eigenvalue weighted by Crippen LogP contribution is -2.30. The molecule has 0 unspecified atom stereocenters. The van der Waals surface area contributed by atoms with Crippen molar-refractivity contribution in [3.8, 4) is 0 Å². The molecule has 4 nitrogen and oxygen atoms in total. The van der Waals surface area contributed by atoms with Crippen LogP contribution in [0.4, 0.5) is 0 Å². The molecule has 1 amide bonds. The van der Waals surface area contributed by atoms with Gasteiger partial charge in [0.25, 0.3) is 11.8 Å². The number of rotatable bonds is 3. The van der Waals surface area contributed by atoms with Crippen LogP contribution in [0.25, 0.3) is 6.08 Å². The third-order valence-corrected chi connectivity index (χ3v) is 4.14. The first-order valence-electron chi connectivity index (χ1n) is 7.60. The smallest absolute Gasteiger partial charge is 0.270 e. The zero-order valence-corrected chi connectivity index (χ0v) is 13.4. The molecule has 2 aromatic rings. The van der Waals surface area contributed by atoms with Crippen LogP contribution >= 0.6 is 11.6 Å². The van der Waals surface area contributed by atoms with Crippen LogP contribution in [0.5, 0.6) is 0 Å². The van der Waals surface area contributed by atoms with Crippen molar-refractivity contribution in [3.63, 3.8) is 0 Å². The lowest BCUT2D eigenvalue weighted by molar-refractivity contribution is 0.0770. The molecule has 0 aliphatic carbocycles. The van der Waals surface area contributed by atoms with Gasteiger partial charge in [0, 0.05) is 30.4 Å². The number of allylic oxidation sites excluding steroid dienone is 1. The van der Waals surface area contributed by atoms with Gasteiger partial charge in [-0.05, 0) is 48.7 Å². The average molecular weight is 329 g/mol. The number of aromatic nitrogens is 1. The van der Waals surface area contributed by atoms with Crippen molar-refractivity contribution in [1.29, 1.82) is 0 Å². The Labute approximate surface area is 140 Å². The minimum atomic E-state index is -0.243. The molecule has 0 N–H and O–H groups in total. The number of likely N-dealkylation sites (tertiary alicyclic amines) is 1. The quantitative estimate of drug-likeness (QED) is 0.806. The highest BCUT2D eigenvalue weighted by atomic mass is 35.5. The lowest BCUT2D eigenvalue weighted by Gasteiger charge is -2.15. The fraction of sp³-hybridized carbons (Fsp3) is 0.222. The van der Waals surface area contributed by atoms with Crippen molar-refractivity contribution in [2.24, 2.45) is 0 Å². The second kappa shape index (κ2) is 6.84. The van der Waals surface area contributed by atoms with Crippen LogP contribution in [0.2, 0.25) is 5.02 Å². The summed E-state index contributed by atoms with van der Waals surface area (Å²) in [6.45, 7) is 1.53. The number of carbonyl (C=O) groups excluding carboxylic acids is 2. The van der Waals surface area contributed by atoms with Gasteiger partial charge >= 0.3 is 0 Å². The molecule has 23 heavy (non-hydrogen) atoms. The summed E-state index contributed by atoms with van der Waals surface area (Å²) in [5.74, 6) is -0.326. The summed E-state index contributed by atoms with van der Waals surface area (Å²) in [7, 11) is 0. The molecule has 0 saturated carbocycles. The Bertz CT molecular complexity index is 741. The number of hydrogen-bond acceptors (Lipinski definition) is 2. The molecule has 0 bridgehead atoms. The summed E-state index contributed by atoms with van der Waals surface area (Å²) < 4.78 is 1.40. The molecule has 1 aliphatic rings. The van der Waals surface area contributed by atoms with Crippen LogP contribution in [0.3, 0.4) is 0 Å². The van der Waals surface area contributed by atoms with Gasteiger partial charge in [-0.3, -0.25) is 14.2 Å². The van der Waals surface area contributed by atoms with E-state index in [0.29, 0.717) is 10.7 Å². The van der Waals surface area contributed by atoms with Crippen LogP contribution in [0.1, 0.15) is 33.7 Å². The summed E-state index contributed by atoms with van der Waals surface area (Å²) >= 11 is 5.84. The van der Waals surface area contributed by atoms with E-state index in [2.05, 4.69) is 0 Å². The Hall–Kier alpha value is -2.33. The molecule has 2 heterocycles. The number of nitrogens with zero attached hydrogens (tertiary/aromatic N) is 2. The fourth-order valence-corrected chi connectivity index (χ4v) is 2.78. The number of benzene rings is 1. The Morgan fingerprint density at radius 1 is 1.04 bits per heavy atom. The van der Waals surface area contributed by atoms with E-state index in [1.807, 2.05) is 12.1 Å². The summed E-state index contributed by atoms with van der Waals surface area (Å²) in [5, 5.41) is 0.650. The largest absolute Gasteiger partial charge is 0.337 e. The number of halogens is 1. The van der Waals surface area contributed by atoms with Crippen molar-refractivity contribution >= 4 is 29.5 Å². The molecule has 1 aliphatic heterocycles. The van der Waals surface area contributed by atoms with Gasteiger partial charge in [-0.25, -0.2) is 0 Å². The number of amides is 1. The molecule has 5 heteroatoms.